The molecule has 0 unspecified atom stereocenters. The van der Waals surface area contributed by atoms with Gasteiger partial charge in [-0.2, -0.15) is 0 Å². The van der Waals surface area contributed by atoms with Crippen LogP contribution in [0.25, 0.3) is 11.4 Å². The molecule has 0 aliphatic rings. The third-order valence-corrected chi connectivity index (χ3v) is 2.76. The molecule has 0 fully saturated rings. The molecule has 0 bridgehead atoms. The third kappa shape index (κ3) is 2.23. The van der Waals surface area contributed by atoms with Crippen molar-refractivity contribution in [3.8, 4) is 11.4 Å². The molecule has 2 rings (SSSR count). The maximum atomic E-state index is 5.99. The molecular formula is C10H5Cl3N2. The van der Waals surface area contributed by atoms with Crippen molar-refractivity contribution in [3.63, 3.8) is 0 Å². The molecule has 0 saturated carbocycles. The minimum atomic E-state index is 0.224. The lowest BCUT2D eigenvalue weighted by Gasteiger charge is -2.04. The Morgan fingerprint density at radius 3 is 2.47 bits per heavy atom. The van der Waals surface area contributed by atoms with Gasteiger partial charge in [-0.1, -0.05) is 40.9 Å². The Morgan fingerprint density at radius 2 is 1.80 bits per heavy atom. The number of aromatic nitrogens is 2. The summed E-state index contributed by atoms with van der Waals surface area (Å²) in [5.74, 6) is 0. The minimum absolute atomic E-state index is 0.224. The van der Waals surface area contributed by atoms with Crippen molar-refractivity contribution in [2.45, 2.75) is 0 Å². The minimum Gasteiger partial charge on any atom is -0.255 e. The topological polar surface area (TPSA) is 25.8 Å². The SMILES string of the molecule is Clc1cc(Cl)c(-c2ccccn2)nc1Cl. The summed E-state index contributed by atoms with van der Waals surface area (Å²) in [6.45, 7) is 0. The molecule has 15 heavy (non-hydrogen) atoms. The summed E-state index contributed by atoms with van der Waals surface area (Å²) < 4.78 is 0. The fourth-order valence-electron chi connectivity index (χ4n) is 1.13. The van der Waals surface area contributed by atoms with Gasteiger partial charge in [0.15, 0.2) is 0 Å². The average Bonchev–Trinajstić information content (AvgIpc) is 2.25. The Balaban J connectivity index is 2.59. The van der Waals surface area contributed by atoms with Gasteiger partial charge in [0.1, 0.15) is 10.8 Å². The van der Waals surface area contributed by atoms with Crippen LogP contribution in [0.5, 0.6) is 0 Å². The largest absolute Gasteiger partial charge is 0.255 e. The second kappa shape index (κ2) is 4.35. The lowest BCUT2D eigenvalue weighted by atomic mass is 10.2. The fraction of sp³-hybridized carbons (Fsp3) is 0. The van der Waals surface area contributed by atoms with Crippen molar-refractivity contribution in [3.05, 3.63) is 45.7 Å². The molecule has 2 aromatic heterocycles. The standard InChI is InChI=1S/C10H5Cl3N2/c11-6-5-7(12)10(13)15-9(6)8-3-1-2-4-14-8/h1-5H. The molecule has 0 radical (unpaired) electrons. The molecule has 2 heterocycles. The summed E-state index contributed by atoms with van der Waals surface area (Å²) >= 11 is 17.6. The van der Waals surface area contributed by atoms with Gasteiger partial charge in [-0.05, 0) is 18.2 Å². The Labute approximate surface area is 102 Å². The molecule has 76 valence electrons. The van der Waals surface area contributed by atoms with Gasteiger partial charge in [0.2, 0.25) is 0 Å². The molecule has 0 N–H and O–H groups in total. The van der Waals surface area contributed by atoms with Gasteiger partial charge >= 0.3 is 0 Å². The highest BCUT2D eigenvalue weighted by Crippen LogP contribution is 2.30. The first-order valence-corrected chi connectivity index (χ1v) is 5.25. The maximum Gasteiger partial charge on any atom is 0.148 e. The number of rotatable bonds is 1. The smallest absolute Gasteiger partial charge is 0.148 e. The molecule has 5 heteroatoms. The van der Waals surface area contributed by atoms with Gasteiger partial charge in [0.05, 0.1) is 15.7 Å². The van der Waals surface area contributed by atoms with Crippen molar-refractivity contribution < 1.29 is 0 Å². The van der Waals surface area contributed by atoms with Gasteiger partial charge in [-0.15, -0.1) is 0 Å². The quantitative estimate of drug-likeness (QED) is 0.721. The van der Waals surface area contributed by atoms with Crippen molar-refractivity contribution >= 4 is 34.8 Å². The van der Waals surface area contributed by atoms with Gasteiger partial charge in [0, 0.05) is 6.20 Å². The summed E-state index contributed by atoms with van der Waals surface area (Å²) in [4.78, 5) is 8.21. The van der Waals surface area contributed by atoms with Crippen molar-refractivity contribution in [2.24, 2.45) is 0 Å². The van der Waals surface area contributed by atoms with Crippen molar-refractivity contribution in [1.29, 1.82) is 0 Å². The van der Waals surface area contributed by atoms with E-state index in [-0.39, 0.29) is 5.15 Å². The molecule has 0 atom stereocenters. The Morgan fingerprint density at radius 1 is 1.00 bits per heavy atom. The Hall–Kier alpha value is -0.830. The van der Waals surface area contributed by atoms with E-state index in [4.69, 9.17) is 34.8 Å². The van der Waals surface area contributed by atoms with Crippen LogP contribution in [0.1, 0.15) is 0 Å². The maximum absolute atomic E-state index is 5.99. The summed E-state index contributed by atoms with van der Waals surface area (Å²) in [6.07, 6.45) is 1.66. The predicted octanol–water partition coefficient (Wildman–Crippen LogP) is 4.10. The highest BCUT2D eigenvalue weighted by Gasteiger charge is 2.10. The van der Waals surface area contributed by atoms with Crippen molar-refractivity contribution in [1.82, 2.24) is 9.97 Å². The molecular weight excluding hydrogens is 254 g/mol. The number of pyridine rings is 2. The molecule has 0 aromatic carbocycles. The van der Waals surface area contributed by atoms with E-state index in [1.165, 1.54) is 0 Å². The van der Waals surface area contributed by atoms with E-state index in [1.54, 1.807) is 18.3 Å². The lowest BCUT2D eigenvalue weighted by Crippen LogP contribution is -1.89. The highest BCUT2D eigenvalue weighted by molar-refractivity contribution is 6.42. The van der Waals surface area contributed by atoms with E-state index >= 15 is 0 Å². The van der Waals surface area contributed by atoms with Crippen LogP contribution >= 0.6 is 34.8 Å². The first-order valence-electron chi connectivity index (χ1n) is 4.11. The normalized spacial score (nSPS) is 10.3. The summed E-state index contributed by atoms with van der Waals surface area (Å²) in [5, 5.41) is 0.992. The van der Waals surface area contributed by atoms with Crippen LogP contribution in [-0.2, 0) is 0 Å². The monoisotopic (exact) mass is 258 g/mol. The molecule has 0 saturated heterocycles. The van der Waals surface area contributed by atoms with Crippen LogP contribution < -0.4 is 0 Å². The van der Waals surface area contributed by atoms with E-state index < -0.39 is 0 Å². The van der Waals surface area contributed by atoms with E-state index in [9.17, 15) is 0 Å². The van der Waals surface area contributed by atoms with Gasteiger partial charge < -0.3 is 0 Å². The zero-order valence-electron chi connectivity index (χ0n) is 7.42. The average molecular weight is 260 g/mol. The molecule has 0 spiro atoms. The van der Waals surface area contributed by atoms with Crippen LogP contribution in [0.2, 0.25) is 15.2 Å². The van der Waals surface area contributed by atoms with Crippen LogP contribution in [0.3, 0.4) is 0 Å². The van der Waals surface area contributed by atoms with Gasteiger partial charge in [-0.25, -0.2) is 4.98 Å². The van der Waals surface area contributed by atoms with Gasteiger partial charge in [0.25, 0.3) is 0 Å². The molecule has 2 aromatic rings. The van der Waals surface area contributed by atoms with Crippen molar-refractivity contribution in [2.75, 3.05) is 0 Å². The van der Waals surface area contributed by atoms with Crippen LogP contribution in [0.4, 0.5) is 0 Å². The Bertz CT molecular complexity index is 486. The molecule has 2 nitrogen and oxygen atoms in total. The highest BCUT2D eigenvalue weighted by atomic mass is 35.5. The van der Waals surface area contributed by atoms with Crippen LogP contribution in [0.15, 0.2) is 30.5 Å². The second-order valence-electron chi connectivity index (χ2n) is 2.81. The van der Waals surface area contributed by atoms with E-state index in [2.05, 4.69) is 9.97 Å². The van der Waals surface area contributed by atoms with E-state index in [1.807, 2.05) is 12.1 Å². The predicted molar refractivity (Wildman–Crippen MR) is 62.5 cm³/mol. The molecule has 0 aliphatic carbocycles. The summed E-state index contributed by atoms with van der Waals surface area (Å²) in [7, 11) is 0. The molecule has 0 amide bonds. The lowest BCUT2D eigenvalue weighted by molar-refractivity contribution is 1.25. The zero-order valence-corrected chi connectivity index (χ0v) is 9.68. The number of hydrogen-bond acceptors (Lipinski definition) is 2. The number of nitrogens with zero attached hydrogens (tertiary/aromatic N) is 2. The Kier molecular flexibility index (Phi) is 3.10. The first-order chi connectivity index (χ1) is 7.18. The number of hydrogen-bond donors (Lipinski definition) is 0. The van der Waals surface area contributed by atoms with E-state index in [0.29, 0.717) is 21.4 Å². The first kappa shape index (κ1) is 10.7. The fourth-order valence-corrected chi connectivity index (χ4v) is 1.72. The summed E-state index contributed by atoms with van der Waals surface area (Å²) in [6, 6.07) is 7.03. The summed E-state index contributed by atoms with van der Waals surface area (Å²) in [5.41, 5.74) is 1.20. The second-order valence-corrected chi connectivity index (χ2v) is 3.98. The molecule has 0 aliphatic heterocycles. The van der Waals surface area contributed by atoms with Crippen LogP contribution in [0, 0.1) is 0 Å². The third-order valence-electron chi connectivity index (χ3n) is 1.79. The van der Waals surface area contributed by atoms with E-state index in [0.717, 1.165) is 0 Å². The number of halogens is 3. The zero-order chi connectivity index (χ0) is 10.8. The van der Waals surface area contributed by atoms with Gasteiger partial charge in [-0.3, -0.25) is 4.98 Å². The van der Waals surface area contributed by atoms with Crippen LogP contribution in [-0.4, -0.2) is 9.97 Å².